The number of benzene rings is 2. The molecule has 0 aliphatic heterocycles. The fourth-order valence-electron chi connectivity index (χ4n) is 2.55. The molecule has 0 saturated carbocycles. The van der Waals surface area contributed by atoms with Crippen molar-refractivity contribution in [3.63, 3.8) is 0 Å². The molecule has 0 atom stereocenters. The fraction of sp³-hybridized carbons (Fsp3) is 0.250. The number of aromatic hydroxyl groups is 1. The van der Waals surface area contributed by atoms with Gasteiger partial charge in [-0.3, -0.25) is 0 Å². The number of hydrogen-bond donors (Lipinski definition) is 1. The Morgan fingerprint density at radius 2 is 1.65 bits per heavy atom. The molecule has 0 bridgehead atoms. The van der Waals surface area contributed by atoms with Crippen molar-refractivity contribution in [3.8, 4) is 28.3 Å². The maximum atomic E-state index is 10.8. The van der Waals surface area contributed by atoms with Crippen molar-refractivity contribution in [1.82, 2.24) is 4.98 Å². The van der Waals surface area contributed by atoms with Gasteiger partial charge in [-0.2, -0.15) is 0 Å². The van der Waals surface area contributed by atoms with Gasteiger partial charge in [0.05, 0.1) is 11.3 Å². The predicted octanol–water partition coefficient (Wildman–Crippen LogP) is 5.32. The van der Waals surface area contributed by atoms with Crippen LogP contribution < -0.4 is 0 Å². The van der Waals surface area contributed by atoms with E-state index in [9.17, 15) is 5.11 Å². The lowest BCUT2D eigenvalue weighted by Gasteiger charge is -2.22. The maximum Gasteiger partial charge on any atom is 0.229 e. The molecule has 1 heterocycles. The molecule has 0 amide bonds. The molecule has 3 nitrogen and oxygen atoms in total. The lowest BCUT2D eigenvalue weighted by molar-refractivity contribution is 0.473. The fourth-order valence-corrected chi connectivity index (χ4v) is 2.55. The van der Waals surface area contributed by atoms with Gasteiger partial charge in [0.25, 0.3) is 0 Å². The lowest BCUT2D eigenvalue weighted by atomic mass is 9.83. The van der Waals surface area contributed by atoms with Crippen molar-refractivity contribution in [2.45, 2.75) is 33.1 Å². The Kier molecular flexibility index (Phi) is 3.72. The number of aryl methyl sites for hydroxylation is 1. The van der Waals surface area contributed by atoms with Crippen LogP contribution in [0.1, 0.15) is 32.0 Å². The molecular weight excluding hydrogens is 286 g/mol. The van der Waals surface area contributed by atoms with Gasteiger partial charge in [0.15, 0.2) is 0 Å². The van der Waals surface area contributed by atoms with Crippen molar-refractivity contribution in [1.29, 1.82) is 0 Å². The second-order valence-electron chi connectivity index (χ2n) is 6.83. The van der Waals surface area contributed by atoms with Crippen LogP contribution in [0.5, 0.6) is 5.75 Å². The summed E-state index contributed by atoms with van der Waals surface area (Å²) in [7, 11) is 0. The summed E-state index contributed by atoms with van der Waals surface area (Å²) in [5, 5.41) is 10.8. The Labute approximate surface area is 136 Å². The Morgan fingerprint density at radius 3 is 2.22 bits per heavy atom. The molecule has 3 aromatic rings. The molecule has 0 fully saturated rings. The highest BCUT2D eigenvalue weighted by molar-refractivity contribution is 5.80. The highest BCUT2D eigenvalue weighted by Gasteiger charge is 2.22. The molecule has 2 aromatic carbocycles. The topological polar surface area (TPSA) is 46.3 Å². The maximum absolute atomic E-state index is 10.8. The van der Waals surface area contributed by atoms with Crippen LogP contribution in [0.15, 0.2) is 53.1 Å². The zero-order chi connectivity index (χ0) is 16.6. The molecule has 1 aromatic heterocycles. The number of hydrogen-bond acceptors (Lipinski definition) is 3. The number of phenolic OH excluding ortho intramolecular Hbond substituents is 1. The van der Waals surface area contributed by atoms with Crippen molar-refractivity contribution in [2.75, 3.05) is 0 Å². The Bertz CT molecular complexity index is 827. The molecule has 118 valence electrons. The zero-order valence-electron chi connectivity index (χ0n) is 13.9. The average molecular weight is 307 g/mol. The van der Waals surface area contributed by atoms with Crippen LogP contribution in [0.2, 0.25) is 0 Å². The van der Waals surface area contributed by atoms with Crippen LogP contribution >= 0.6 is 0 Å². The predicted molar refractivity (Wildman–Crippen MR) is 92.5 cm³/mol. The van der Waals surface area contributed by atoms with E-state index in [4.69, 9.17) is 4.42 Å². The highest BCUT2D eigenvalue weighted by Crippen LogP contribution is 2.41. The lowest BCUT2D eigenvalue weighted by Crippen LogP contribution is -2.11. The van der Waals surface area contributed by atoms with Crippen LogP contribution in [0.25, 0.3) is 22.6 Å². The third-order valence-corrected chi connectivity index (χ3v) is 3.91. The third kappa shape index (κ3) is 3.00. The van der Waals surface area contributed by atoms with Gasteiger partial charge in [-0.25, -0.2) is 4.98 Å². The van der Waals surface area contributed by atoms with Crippen molar-refractivity contribution in [2.24, 2.45) is 0 Å². The van der Waals surface area contributed by atoms with Crippen LogP contribution in [0, 0.1) is 6.92 Å². The van der Waals surface area contributed by atoms with Crippen molar-refractivity contribution >= 4 is 0 Å². The van der Waals surface area contributed by atoms with Gasteiger partial charge in [-0.05, 0) is 35.6 Å². The van der Waals surface area contributed by atoms with Gasteiger partial charge in [0.1, 0.15) is 12.0 Å². The first-order chi connectivity index (χ1) is 10.9. The minimum atomic E-state index is -0.0480. The van der Waals surface area contributed by atoms with E-state index in [2.05, 4.69) is 25.8 Å². The Balaban J connectivity index is 2.28. The molecule has 0 aliphatic rings. The molecule has 3 heteroatoms. The second-order valence-corrected chi connectivity index (χ2v) is 6.83. The molecule has 3 rings (SSSR count). The molecule has 0 aliphatic carbocycles. The number of nitrogens with zero attached hydrogens (tertiary/aromatic N) is 1. The molecule has 23 heavy (non-hydrogen) atoms. The van der Waals surface area contributed by atoms with E-state index in [1.165, 1.54) is 0 Å². The summed E-state index contributed by atoms with van der Waals surface area (Å²) in [5.74, 6) is 0.648. The summed E-state index contributed by atoms with van der Waals surface area (Å²) >= 11 is 0. The van der Waals surface area contributed by atoms with Crippen LogP contribution in [0.3, 0.4) is 0 Å². The Morgan fingerprint density at radius 1 is 1.00 bits per heavy atom. The molecular formula is C20H21NO2. The molecule has 0 unspecified atom stereocenters. The first-order valence-corrected chi connectivity index (χ1v) is 7.71. The van der Waals surface area contributed by atoms with Gasteiger partial charge < -0.3 is 9.52 Å². The van der Waals surface area contributed by atoms with Crippen LogP contribution in [-0.4, -0.2) is 10.1 Å². The summed E-state index contributed by atoms with van der Waals surface area (Å²) in [4.78, 5) is 4.37. The van der Waals surface area contributed by atoms with E-state index < -0.39 is 0 Å². The summed E-state index contributed by atoms with van der Waals surface area (Å²) in [6.45, 7) is 8.33. The van der Waals surface area contributed by atoms with E-state index in [-0.39, 0.29) is 11.2 Å². The number of phenols is 1. The van der Waals surface area contributed by atoms with Crippen LogP contribution in [0.4, 0.5) is 0 Å². The van der Waals surface area contributed by atoms with Gasteiger partial charge >= 0.3 is 0 Å². The van der Waals surface area contributed by atoms with E-state index >= 15 is 0 Å². The van der Waals surface area contributed by atoms with Crippen molar-refractivity contribution in [3.05, 3.63) is 60.0 Å². The summed E-state index contributed by atoms with van der Waals surface area (Å²) in [5.41, 5.74) is 4.27. The third-order valence-electron chi connectivity index (χ3n) is 3.91. The van der Waals surface area contributed by atoms with Gasteiger partial charge in [-0.1, -0.05) is 51.1 Å². The molecule has 0 saturated heterocycles. The standard InChI is InChI=1S/C20H21NO2/c1-13-12-23-19(21-13)17-11-15(20(2,3)4)10-16(18(17)22)14-8-6-5-7-9-14/h5-12,22H,1-4H3. The van der Waals surface area contributed by atoms with Gasteiger partial charge in [0.2, 0.25) is 5.89 Å². The van der Waals surface area contributed by atoms with Crippen LogP contribution in [-0.2, 0) is 5.41 Å². The molecule has 1 N–H and O–H groups in total. The average Bonchev–Trinajstić information content (AvgIpc) is 2.93. The highest BCUT2D eigenvalue weighted by atomic mass is 16.3. The van der Waals surface area contributed by atoms with E-state index in [1.54, 1.807) is 6.26 Å². The normalized spacial score (nSPS) is 11.7. The number of rotatable bonds is 2. The quantitative estimate of drug-likeness (QED) is 0.697. The first kappa shape index (κ1) is 15.3. The second kappa shape index (κ2) is 5.58. The number of aromatic nitrogens is 1. The van der Waals surface area contributed by atoms with E-state index in [0.29, 0.717) is 11.5 Å². The zero-order valence-corrected chi connectivity index (χ0v) is 13.9. The van der Waals surface area contributed by atoms with Crippen molar-refractivity contribution < 1.29 is 9.52 Å². The monoisotopic (exact) mass is 307 g/mol. The minimum absolute atomic E-state index is 0.0480. The largest absolute Gasteiger partial charge is 0.506 e. The van der Waals surface area contributed by atoms with E-state index in [1.807, 2.05) is 49.4 Å². The first-order valence-electron chi connectivity index (χ1n) is 7.71. The smallest absolute Gasteiger partial charge is 0.229 e. The Hall–Kier alpha value is -2.55. The number of oxazole rings is 1. The molecule has 0 spiro atoms. The summed E-state index contributed by atoms with van der Waals surface area (Å²) < 4.78 is 5.52. The van der Waals surface area contributed by atoms with Gasteiger partial charge in [0, 0.05) is 5.56 Å². The summed E-state index contributed by atoms with van der Waals surface area (Å²) in [6, 6.07) is 13.9. The SMILES string of the molecule is Cc1coc(-c2cc(C(C)(C)C)cc(-c3ccccc3)c2O)n1. The van der Waals surface area contributed by atoms with Gasteiger partial charge in [-0.15, -0.1) is 0 Å². The van der Waals surface area contributed by atoms with E-state index in [0.717, 1.165) is 22.4 Å². The summed E-state index contributed by atoms with van der Waals surface area (Å²) in [6.07, 6.45) is 1.60. The molecule has 0 radical (unpaired) electrons. The minimum Gasteiger partial charge on any atom is -0.506 e.